The lowest BCUT2D eigenvalue weighted by atomic mass is 9.68. The van der Waals surface area contributed by atoms with Crippen molar-refractivity contribution in [1.82, 2.24) is 15.0 Å². The van der Waals surface area contributed by atoms with E-state index in [2.05, 4.69) is 141 Å². The summed E-state index contributed by atoms with van der Waals surface area (Å²) in [6, 6.07) is 45.0. The highest BCUT2D eigenvalue weighted by Crippen LogP contribution is 2.52. The maximum atomic E-state index is 6.82. The van der Waals surface area contributed by atoms with Crippen LogP contribution in [-0.2, 0) is 5.41 Å². The quantitative estimate of drug-likeness (QED) is 0.179. The summed E-state index contributed by atoms with van der Waals surface area (Å²) in [6.07, 6.45) is 8.29. The Kier molecular flexibility index (Phi) is 6.97. The van der Waals surface area contributed by atoms with Crippen molar-refractivity contribution in [2.24, 2.45) is 0 Å². The summed E-state index contributed by atoms with van der Waals surface area (Å²) in [7, 11) is 0. The number of hydrogen-bond acceptors (Lipinski definition) is 6. The fourth-order valence-corrected chi connectivity index (χ4v) is 10.4. The fraction of sp³-hybridized carbons (Fsp3) is 0.118. The molecule has 0 saturated carbocycles. The highest BCUT2D eigenvalue weighted by atomic mass is 32.1. The number of furan rings is 2. The van der Waals surface area contributed by atoms with Gasteiger partial charge in [0, 0.05) is 53.2 Å². The van der Waals surface area contributed by atoms with Crippen LogP contribution in [0.15, 0.2) is 142 Å². The van der Waals surface area contributed by atoms with Crippen molar-refractivity contribution in [3.8, 4) is 22.8 Å². The first-order valence-electron chi connectivity index (χ1n) is 19.6. The molecule has 12 rings (SSSR count). The third-order valence-corrected chi connectivity index (χ3v) is 13.3. The number of allylic oxidation sites excluding steroid dienone is 2. The van der Waals surface area contributed by atoms with Crippen LogP contribution in [0.25, 0.3) is 93.4 Å². The Morgan fingerprint density at radius 1 is 0.614 bits per heavy atom. The zero-order chi connectivity index (χ0) is 37.8. The minimum absolute atomic E-state index is 0.289. The molecule has 4 aromatic heterocycles. The maximum absolute atomic E-state index is 6.82. The van der Waals surface area contributed by atoms with Crippen molar-refractivity contribution in [3.05, 3.63) is 168 Å². The lowest BCUT2D eigenvalue weighted by Gasteiger charge is -2.35. The van der Waals surface area contributed by atoms with Gasteiger partial charge in [0.1, 0.15) is 28.5 Å². The molecule has 2 aliphatic rings. The minimum Gasteiger partial charge on any atom is -0.457 e. The molecule has 272 valence electrons. The molecule has 4 heterocycles. The highest BCUT2D eigenvalue weighted by Gasteiger charge is 2.44. The number of aromatic nitrogens is 3. The van der Waals surface area contributed by atoms with E-state index in [0.29, 0.717) is 18.1 Å². The molecule has 57 heavy (non-hydrogen) atoms. The van der Waals surface area contributed by atoms with E-state index in [4.69, 9.17) is 23.8 Å². The third-order valence-electron chi connectivity index (χ3n) is 12.2. The van der Waals surface area contributed by atoms with Gasteiger partial charge in [-0.15, -0.1) is 11.3 Å². The molecule has 6 heteroatoms. The van der Waals surface area contributed by atoms with Crippen LogP contribution in [0.4, 0.5) is 0 Å². The van der Waals surface area contributed by atoms with E-state index in [0.717, 1.165) is 62.2 Å². The Bertz CT molecular complexity index is 3360. The molecule has 0 N–H and O–H groups in total. The van der Waals surface area contributed by atoms with Crippen LogP contribution in [0, 0.1) is 0 Å². The number of nitrogens with zero attached hydrogens (tertiary/aromatic N) is 3. The van der Waals surface area contributed by atoms with E-state index in [1.165, 1.54) is 47.8 Å². The summed E-state index contributed by atoms with van der Waals surface area (Å²) in [5.74, 6) is 4.08. The van der Waals surface area contributed by atoms with Crippen LogP contribution in [0.5, 0.6) is 0 Å². The van der Waals surface area contributed by atoms with Gasteiger partial charge in [0.05, 0.1) is 5.41 Å². The molecule has 0 fully saturated rings. The number of thiophene rings is 1. The van der Waals surface area contributed by atoms with Gasteiger partial charge in [0.15, 0.2) is 11.6 Å². The third kappa shape index (κ3) is 5.03. The molecule has 5 nitrogen and oxygen atoms in total. The van der Waals surface area contributed by atoms with E-state index in [1.54, 1.807) is 0 Å². The monoisotopic (exact) mass is 753 g/mol. The first-order valence-corrected chi connectivity index (χ1v) is 20.4. The zero-order valence-electron chi connectivity index (χ0n) is 31.4. The van der Waals surface area contributed by atoms with E-state index in [9.17, 15) is 0 Å². The normalized spacial score (nSPS) is 17.8. The van der Waals surface area contributed by atoms with Crippen LogP contribution < -0.4 is 0 Å². The standard InChI is InChI=1S/C51H35N3O2S/c1-29-10-9-16-41-46(29)47-43(56-41)27-35(32-21-23-45-39(25-32)38-14-6-8-17-44(38)57-45)28-51(47,2)50-53-48(33-19-18-30-11-3-4-12-31(30)24-33)52-49(54-50)34-20-22-37-36-13-5-7-15-40(36)55-42(37)26-34/h3-9,11-27,29H,10,28H2,1-2H3. The number of rotatable bonds is 4. The second kappa shape index (κ2) is 12.2. The van der Waals surface area contributed by atoms with Gasteiger partial charge < -0.3 is 8.83 Å². The summed E-state index contributed by atoms with van der Waals surface area (Å²) < 4.78 is 15.8. The van der Waals surface area contributed by atoms with Gasteiger partial charge in [-0.2, -0.15) is 0 Å². The SMILES string of the molecule is CC1CC=Cc2oc3c(c21)C(C)(c1nc(-c2ccc4ccccc4c2)nc(-c2ccc4c(c2)oc2ccccc24)n1)CC(c1ccc2sc4ccccc4c2c1)=C3. The van der Waals surface area contributed by atoms with Gasteiger partial charge in [0.2, 0.25) is 0 Å². The molecule has 0 bridgehead atoms. The molecule has 0 spiro atoms. The van der Waals surface area contributed by atoms with Gasteiger partial charge in [-0.05, 0) is 102 Å². The van der Waals surface area contributed by atoms with E-state index in [1.807, 2.05) is 29.5 Å². The molecular formula is C51H35N3O2S. The van der Waals surface area contributed by atoms with E-state index >= 15 is 0 Å². The molecule has 0 radical (unpaired) electrons. The van der Waals surface area contributed by atoms with E-state index < -0.39 is 5.41 Å². The van der Waals surface area contributed by atoms with Crippen LogP contribution in [0.3, 0.4) is 0 Å². The smallest absolute Gasteiger partial charge is 0.163 e. The molecule has 2 unspecified atom stereocenters. The van der Waals surface area contributed by atoms with Crippen LogP contribution in [0.1, 0.15) is 66.6 Å². The van der Waals surface area contributed by atoms with Crippen molar-refractivity contribution in [1.29, 1.82) is 0 Å². The van der Waals surface area contributed by atoms with Gasteiger partial charge in [-0.25, -0.2) is 15.0 Å². The Morgan fingerprint density at radius 2 is 1.33 bits per heavy atom. The van der Waals surface area contributed by atoms with Crippen LogP contribution >= 0.6 is 11.3 Å². The molecule has 10 aromatic rings. The Morgan fingerprint density at radius 3 is 2.23 bits per heavy atom. The average Bonchev–Trinajstić information content (AvgIpc) is 3.95. The van der Waals surface area contributed by atoms with E-state index in [-0.39, 0.29) is 5.92 Å². The van der Waals surface area contributed by atoms with Crippen molar-refractivity contribution in [2.45, 2.75) is 38.0 Å². The minimum atomic E-state index is -0.644. The summed E-state index contributed by atoms with van der Waals surface area (Å²) in [4.78, 5) is 16.2. The highest BCUT2D eigenvalue weighted by molar-refractivity contribution is 7.25. The van der Waals surface area contributed by atoms with Gasteiger partial charge in [-0.3, -0.25) is 0 Å². The first kappa shape index (κ1) is 32.6. The van der Waals surface area contributed by atoms with Gasteiger partial charge >= 0.3 is 0 Å². The maximum Gasteiger partial charge on any atom is 0.163 e. The van der Waals surface area contributed by atoms with Crippen molar-refractivity contribution < 1.29 is 8.83 Å². The van der Waals surface area contributed by atoms with Crippen molar-refractivity contribution >= 4 is 81.9 Å². The topological polar surface area (TPSA) is 65.0 Å². The summed E-state index contributed by atoms with van der Waals surface area (Å²) in [5, 5.41) is 7.04. The van der Waals surface area contributed by atoms with Crippen molar-refractivity contribution in [3.63, 3.8) is 0 Å². The number of hydrogen-bond donors (Lipinski definition) is 0. The van der Waals surface area contributed by atoms with Crippen molar-refractivity contribution in [2.75, 3.05) is 0 Å². The van der Waals surface area contributed by atoms with Crippen LogP contribution in [0.2, 0.25) is 0 Å². The zero-order valence-corrected chi connectivity index (χ0v) is 32.2. The lowest BCUT2D eigenvalue weighted by Crippen LogP contribution is -2.31. The second-order valence-electron chi connectivity index (χ2n) is 15.8. The second-order valence-corrected chi connectivity index (χ2v) is 16.9. The predicted octanol–water partition coefficient (Wildman–Crippen LogP) is 14.0. The molecule has 0 aliphatic heterocycles. The Balaban J connectivity index is 1.09. The fourth-order valence-electron chi connectivity index (χ4n) is 9.32. The summed E-state index contributed by atoms with van der Waals surface area (Å²) >= 11 is 1.84. The molecule has 2 atom stereocenters. The summed E-state index contributed by atoms with van der Waals surface area (Å²) in [5.41, 5.74) is 7.65. The molecule has 2 aliphatic carbocycles. The van der Waals surface area contributed by atoms with Gasteiger partial charge in [0.25, 0.3) is 0 Å². The van der Waals surface area contributed by atoms with Gasteiger partial charge in [-0.1, -0.05) is 97.9 Å². The Labute approximate surface area is 332 Å². The van der Waals surface area contributed by atoms with Crippen LogP contribution in [-0.4, -0.2) is 15.0 Å². The Hall–Kier alpha value is -6.63. The first-order chi connectivity index (χ1) is 28.0. The molecule has 0 amide bonds. The summed E-state index contributed by atoms with van der Waals surface area (Å²) in [6.45, 7) is 4.61. The average molecular weight is 754 g/mol. The molecule has 0 saturated heterocycles. The number of para-hydroxylation sites is 1. The largest absolute Gasteiger partial charge is 0.457 e. The number of fused-ring (bicyclic) bond motifs is 10. The predicted molar refractivity (Wildman–Crippen MR) is 235 cm³/mol. The molecule has 6 aromatic carbocycles. The molecular weight excluding hydrogens is 719 g/mol. The lowest BCUT2D eigenvalue weighted by molar-refractivity contribution is 0.499. The number of benzene rings is 6.